The van der Waals surface area contributed by atoms with Gasteiger partial charge in [-0.2, -0.15) is 5.10 Å². The van der Waals surface area contributed by atoms with Crippen LogP contribution in [0.15, 0.2) is 53.6 Å². The Bertz CT molecular complexity index is 1140. The summed E-state index contributed by atoms with van der Waals surface area (Å²) in [7, 11) is 1.59. The maximum Gasteiger partial charge on any atom is 0.131 e. The Hall–Kier alpha value is -2.52. The summed E-state index contributed by atoms with van der Waals surface area (Å²) >= 11 is 0. The molecule has 0 radical (unpaired) electrons. The number of aromatic nitrogens is 2. The first-order valence-electron chi connectivity index (χ1n) is 13.1. The zero-order chi connectivity index (χ0) is 24.9. The third-order valence-corrected chi connectivity index (χ3v) is 7.65. The molecule has 194 valence electrons. The molecule has 1 aromatic carbocycles. The molecule has 0 amide bonds. The van der Waals surface area contributed by atoms with Crippen LogP contribution in [0.25, 0.3) is 10.9 Å². The fourth-order valence-electron chi connectivity index (χ4n) is 5.63. The number of hydrogen-bond donors (Lipinski definition) is 3. The number of piperidine rings is 1. The van der Waals surface area contributed by atoms with Gasteiger partial charge in [-0.3, -0.25) is 15.3 Å². The second kappa shape index (κ2) is 11.7. The van der Waals surface area contributed by atoms with Crippen LogP contribution in [0.2, 0.25) is 0 Å². The van der Waals surface area contributed by atoms with E-state index in [1.54, 1.807) is 13.2 Å². The quantitative estimate of drug-likeness (QED) is 0.468. The molecule has 0 spiro atoms. The van der Waals surface area contributed by atoms with Crippen molar-refractivity contribution in [2.24, 2.45) is 5.92 Å². The van der Waals surface area contributed by atoms with Crippen LogP contribution in [0.1, 0.15) is 55.5 Å². The number of fused-ring (bicyclic) bond motifs is 1. The first kappa shape index (κ1) is 25.1. The van der Waals surface area contributed by atoms with E-state index in [1.165, 1.54) is 0 Å². The lowest BCUT2D eigenvalue weighted by Gasteiger charge is -2.34. The molecule has 3 heterocycles. The summed E-state index contributed by atoms with van der Waals surface area (Å²) in [6, 6.07) is 5.97. The van der Waals surface area contributed by atoms with Gasteiger partial charge in [0.1, 0.15) is 17.8 Å². The second-order valence-electron chi connectivity index (χ2n) is 10.1. The lowest BCUT2D eigenvalue weighted by atomic mass is 9.93. The van der Waals surface area contributed by atoms with Gasteiger partial charge in [-0.25, -0.2) is 4.39 Å². The first-order chi connectivity index (χ1) is 17.6. The summed E-state index contributed by atoms with van der Waals surface area (Å²) in [6.45, 7) is 4.56. The average molecular weight is 497 g/mol. The molecule has 1 aliphatic carbocycles. The molecule has 2 saturated heterocycles. The average Bonchev–Trinajstić information content (AvgIpc) is 3.26. The van der Waals surface area contributed by atoms with Gasteiger partial charge in [0, 0.05) is 55.4 Å². The number of H-pyrrole nitrogens is 1. The Morgan fingerprint density at radius 1 is 1.31 bits per heavy atom. The first-order valence-corrected chi connectivity index (χ1v) is 13.1. The SMILES string of the molecule is COC1=C(CN2CCCC(CNC(O)c3ccc4n[nH]c(C5CCOCC5)c4c3)C2)C(F)=CCC=C1. The highest BCUT2D eigenvalue weighted by molar-refractivity contribution is 5.82. The number of likely N-dealkylation sites (tertiary alicyclic amines) is 1. The minimum absolute atomic E-state index is 0.192. The number of aliphatic hydroxyl groups is 1. The molecular formula is C28H37FN4O3. The molecule has 0 saturated carbocycles. The Morgan fingerprint density at radius 3 is 3.00 bits per heavy atom. The zero-order valence-electron chi connectivity index (χ0n) is 21.0. The van der Waals surface area contributed by atoms with Crippen LogP contribution in [0, 0.1) is 5.92 Å². The lowest BCUT2D eigenvalue weighted by molar-refractivity contribution is 0.0847. The van der Waals surface area contributed by atoms with Crippen LogP contribution in [-0.2, 0) is 9.47 Å². The standard InChI is InChI=1S/C28H37FN4O3/c1-35-26-7-3-2-6-24(29)23(26)18-33-12-4-5-19(17-33)16-30-28(34)21-8-9-25-22(15-21)27(32-31-25)20-10-13-36-14-11-20/h3,6-9,15,19-20,28,30,34H,2,4-5,10-14,16-18H2,1H3,(H,31,32). The summed E-state index contributed by atoms with van der Waals surface area (Å²) in [5.74, 6) is 1.20. The number of allylic oxidation sites excluding steroid dienone is 3. The van der Waals surface area contributed by atoms with Crippen molar-refractivity contribution in [2.75, 3.05) is 46.5 Å². The van der Waals surface area contributed by atoms with Crippen LogP contribution in [-0.4, -0.2) is 66.7 Å². The van der Waals surface area contributed by atoms with Crippen LogP contribution >= 0.6 is 0 Å². The van der Waals surface area contributed by atoms with E-state index < -0.39 is 6.23 Å². The molecule has 3 aliphatic rings. The minimum atomic E-state index is -0.752. The maximum atomic E-state index is 14.7. The van der Waals surface area contributed by atoms with Gasteiger partial charge in [-0.15, -0.1) is 0 Å². The van der Waals surface area contributed by atoms with Crippen LogP contribution in [0.5, 0.6) is 0 Å². The number of hydrogen-bond acceptors (Lipinski definition) is 6. The maximum absolute atomic E-state index is 14.7. The predicted molar refractivity (Wildman–Crippen MR) is 138 cm³/mol. The molecule has 2 atom stereocenters. The molecule has 5 rings (SSSR count). The van der Waals surface area contributed by atoms with Crippen molar-refractivity contribution in [2.45, 2.75) is 44.2 Å². The van der Waals surface area contributed by atoms with E-state index >= 15 is 0 Å². The third-order valence-electron chi connectivity index (χ3n) is 7.65. The number of aliphatic hydroxyl groups excluding tert-OH is 1. The number of halogens is 1. The third kappa shape index (κ3) is 5.72. The zero-order valence-corrected chi connectivity index (χ0v) is 21.0. The molecule has 2 aromatic rings. The van der Waals surface area contributed by atoms with Gasteiger partial charge in [0.05, 0.1) is 12.6 Å². The normalized spacial score (nSPS) is 23.1. The molecule has 2 fully saturated rings. The molecular weight excluding hydrogens is 459 g/mol. The van der Waals surface area contributed by atoms with E-state index in [-0.39, 0.29) is 5.83 Å². The van der Waals surface area contributed by atoms with Crippen molar-refractivity contribution in [3.63, 3.8) is 0 Å². The Kier molecular flexibility index (Phi) is 8.16. The van der Waals surface area contributed by atoms with Gasteiger partial charge in [0.25, 0.3) is 0 Å². The number of nitrogens with one attached hydrogen (secondary N) is 2. The number of ether oxygens (including phenoxy) is 2. The van der Waals surface area contributed by atoms with E-state index in [0.29, 0.717) is 42.7 Å². The van der Waals surface area contributed by atoms with Gasteiger partial charge in [-0.05, 0) is 74.4 Å². The molecule has 8 heteroatoms. The number of benzene rings is 1. The van der Waals surface area contributed by atoms with Crippen LogP contribution < -0.4 is 5.32 Å². The fourth-order valence-corrected chi connectivity index (χ4v) is 5.63. The van der Waals surface area contributed by atoms with Crippen molar-refractivity contribution in [3.05, 3.63) is 64.8 Å². The van der Waals surface area contributed by atoms with Crippen molar-refractivity contribution >= 4 is 10.9 Å². The monoisotopic (exact) mass is 496 g/mol. The Labute approximate surface area is 212 Å². The molecule has 2 aliphatic heterocycles. The van der Waals surface area contributed by atoms with Crippen molar-refractivity contribution in [1.29, 1.82) is 0 Å². The summed E-state index contributed by atoms with van der Waals surface area (Å²) in [4.78, 5) is 2.29. The minimum Gasteiger partial charge on any atom is -0.496 e. The second-order valence-corrected chi connectivity index (χ2v) is 10.1. The highest BCUT2D eigenvalue weighted by Crippen LogP contribution is 2.32. The Morgan fingerprint density at radius 2 is 2.17 bits per heavy atom. The number of rotatable bonds is 8. The predicted octanol–water partition coefficient (Wildman–Crippen LogP) is 4.46. The smallest absolute Gasteiger partial charge is 0.131 e. The van der Waals surface area contributed by atoms with Gasteiger partial charge in [-0.1, -0.05) is 12.1 Å². The highest BCUT2D eigenvalue weighted by atomic mass is 19.1. The van der Waals surface area contributed by atoms with Gasteiger partial charge < -0.3 is 14.6 Å². The fraction of sp³-hybridized carbons (Fsp3) is 0.536. The van der Waals surface area contributed by atoms with E-state index in [2.05, 4.69) is 26.5 Å². The molecule has 2 unspecified atom stereocenters. The summed E-state index contributed by atoms with van der Waals surface area (Å²) in [5.41, 5.74) is 3.53. The van der Waals surface area contributed by atoms with Gasteiger partial charge in [0.2, 0.25) is 0 Å². The molecule has 0 bridgehead atoms. The lowest BCUT2D eigenvalue weighted by Crippen LogP contribution is -2.41. The summed E-state index contributed by atoms with van der Waals surface area (Å²) in [6.07, 6.45) is 9.32. The van der Waals surface area contributed by atoms with E-state index in [9.17, 15) is 9.50 Å². The van der Waals surface area contributed by atoms with Crippen molar-refractivity contribution < 1.29 is 19.0 Å². The van der Waals surface area contributed by atoms with Gasteiger partial charge in [0.15, 0.2) is 0 Å². The van der Waals surface area contributed by atoms with E-state index in [1.807, 2.05) is 24.3 Å². The van der Waals surface area contributed by atoms with Crippen molar-refractivity contribution in [1.82, 2.24) is 20.4 Å². The highest BCUT2D eigenvalue weighted by Gasteiger charge is 2.25. The summed E-state index contributed by atoms with van der Waals surface area (Å²) in [5, 5.41) is 23.1. The number of methoxy groups -OCH3 is 1. The molecule has 7 nitrogen and oxygen atoms in total. The van der Waals surface area contributed by atoms with E-state index in [0.717, 1.165) is 74.1 Å². The molecule has 36 heavy (non-hydrogen) atoms. The largest absolute Gasteiger partial charge is 0.496 e. The van der Waals surface area contributed by atoms with Crippen molar-refractivity contribution in [3.8, 4) is 0 Å². The number of aromatic amines is 1. The number of nitrogens with zero attached hydrogens (tertiary/aromatic N) is 2. The summed E-state index contributed by atoms with van der Waals surface area (Å²) < 4.78 is 25.6. The Balaban J connectivity index is 1.20. The van der Waals surface area contributed by atoms with Crippen LogP contribution in [0.3, 0.4) is 0 Å². The topological polar surface area (TPSA) is 82.6 Å². The van der Waals surface area contributed by atoms with Crippen LogP contribution in [0.4, 0.5) is 4.39 Å². The van der Waals surface area contributed by atoms with E-state index in [4.69, 9.17) is 9.47 Å². The molecule has 3 N–H and O–H groups in total. The van der Waals surface area contributed by atoms with Gasteiger partial charge >= 0.3 is 0 Å². The molecule has 1 aromatic heterocycles.